The van der Waals surface area contributed by atoms with E-state index in [2.05, 4.69) is 4.90 Å². The lowest BCUT2D eigenvalue weighted by Gasteiger charge is -2.38. The van der Waals surface area contributed by atoms with Crippen LogP contribution in [-0.4, -0.2) is 72.0 Å². The van der Waals surface area contributed by atoms with Crippen LogP contribution in [0.25, 0.3) is 10.9 Å². The van der Waals surface area contributed by atoms with Gasteiger partial charge < -0.3 is 29.2 Å². The predicted octanol–water partition coefficient (Wildman–Crippen LogP) is 2.69. The van der Waals surface area contributed by atoms with Crippen molar-refractivity contribution in [2.24, 2.45) is 0 Å². The Labute approximate surface area is 191 Å². The molecule has 0 bridgehead atoms. The monoisotopic (exact) mass is 453 g/mol. The van der Waals surface area contributed by atoms with E-state index in [0.29, 0.717) is 48.4 Å². The largest absolute Gasteiger partial charge is 0.497 e. The van der Waals surface area contributed by atoms with Gasteiger partial charge in [-0.15, -0.1) is 0 Å². The van der Waals surface area contributed by atoms with Crippen molar-refractivity contribution in [1.29, 1.82) is 0 Å². The van der Waals surface area contributed by atoms with E-state index in [0.717, 1.165) is 11.4 Å². The molecule has 0 amide bonds. The summed E-state index contributed by atoms with van der Waals surface area (Å²) in [6, 6.07) is 12.2. The summed E-state index contributed by atoms with van der Waals surface area (Å²) in [6.07, 6.45) is 1.65. The average Bonchev–Trinajstić information content (AvgIpc) is 3.16. The fraction of sp³-hybridized carbons (Fsp3) is 0.333. The number of rotatable bonds is 8. The van der Waals surface area contributed by atoms with Gasteiger partial charge in [0.1, 0.15) is 24.1 Å². The molecular weight excluding hydrogens is 426 g/mol. The van der Waals surface area contributed by atoms with Gasteiger partial charge in [-0.05, 0) is 42.5 Å². The van der Waals surface area contributed by atoms with Crippen LogP contribution in [0.2, 0.25) is 0 Å². The van der Waals surface area contributed by atoms with Crippen molar-refractivity contribution < 1.29 is 29.3 Å². The van der Waals surface area contributed by atoms with Gasteiger partial charge in [0.15, 0.2) is 0 Å². The molecule has 2 aromatic carbocycles. The molecule has 1 aromatic heterocycles. The van der Waals surface area contributed by atoms with Crippen molar-refractivity contribution in [2.45, 2.75) is 12.6 Å². The molecule has 174 valence electrons. The molecule has 1 atom stereocenters. The summed E-state index contributed by atoms with van der Waals surface area (Å²) in [6.45, 7) is 2.21. The molecule has 33 heavy (non-hydrogen) atoms. The number of aromatic nitrogens is 1. The smallest absolute Gasteiger partial charge is 0.325 e. The zero-order chi connectivity index (χ0) is 23.5. The van der Waals surface area contributed by atoms with Crippen molar-refractivity contribution >= 4 is 28.5 Å². The third-order valence-corrected chi connectivity index (χ3v) is 6.07. The van der Waals surface area contributed by atoms with Gasteiger partial charge >= 0.3 is 11.9 Å². The van der Waals surface area contributed by atoms with E-state index in [9.17, 15) is 19.8 Å². The number of carboxylic acids is 2. The Morgan fingerprint density at radius 2 is 1.58 bits per heavy atom. The second-order valence-corrected chi connectivity index (χ2v) is 7.95. The highest BCUT2D eigenvalue weighted by Crippen LogP contribution is 2.34. The molecule has 3 aromatic rings. The average molecular weight is 453 g/mol. The maximum Gasteiger partial charge on any atom is 0.325 e. The first-order chi connectivity index (χ1) is 15.9. The second kappa shape index (κ2) is 9.41. The summed E-state index contributed by atoms with van der Waals surface area (Å²) in [4.78, 5) is 27.9. The van der Waals surface area contributed by atoms with Gasteiger partial charge in [-0.25, -0.2) is 0 Å². The van der Waals surface area contributed by atoms with E-state index in [4.69, 9.17) is 9.47 Å². The number of carbonyl (C=O) groups is 2. The maximum atomic E-state index is 12.4. The molecule has 4 rings (SSSR count). The van der Waals surface area contributed by atoms with E-state index in [1.54, 1.807) is 43.2 Å². The quantitative estimate of drug-likeness (QED) is 0.537. The van der Waals surface area contributed by atoms with Crippen LogP contribution in [0, 0.1) is 0 Å². The Morgan fingerprint density at radius 1 is 0.939 bits per heavy atom. The van der Waals surface area contributed by atoms with Gasteiger partial charge in [0.05, 0.1) is 14.2 Å². The fourth-order valence-corrected chi connectivity index (χ4v) is 4.44. The number of piperazine rings is 1. The first-order valence-corrected chi connectivity index (χ1v) is 10.7. The number of methoxy groups -OCH3 is 2. The summed E-state index contributed by atoms with van der Waals surface area (Å²) >= 11 is 0. The summed E-state index contributed by atoms with van der Waals surface area (Å²) < 4.78 is 12.1. The Balaban J connectivity index is 1.62. The third kappa shape index (κ3) is 4.58. The van der Waals surface area contributed by atoms with Gasteiger partial charge in [-0.2, -0.15) is 0 Å². The van der Waals surface area contributed by atoms with Crippen molar-refractivity contribution in [1.82, 2.24) is 9.47 Å². The SMILES string of the molecule is COc1ccc(N2CCN(C(C(=O)O)c3cn(CC(=O)O)c4ccc(OC)cc34)CC2)cc1. The van der Waals surface area contributed by atoms with Crippen molar-refractivity contribution in [3.63, 3.8) is 0 Å². The van der Waals surface area contributed by atoms with Gasteiger partial charge in [0.25, 0.3) is 0 Å². The Hall–Kier alpha value is -3.72. The number of nitrogens with zero attached hydrogens (tertiary/aromatic N) is 3. The van der Waals surface area contributed by atoms with Crippen molar-refractivity contribution in [3.8, 4) is 11.5 Å². The molecule has 0 saturated carbocycles. The molecule has 1 aliphatic rings. The van der Waals surface area contributed by atoms with Gasteiger partial charge in [0.2, 0.25) is 0 Å². The van der Waals surface area contributed by atoms with Gasteiger partial charge in [0, 0.05) is 54.5 Å². The van der Waals surface area contributed by atoms with E-state index < -0.39 is 18.0 Å². The zero-order valence-corrected chi connectivity index (χ0v) is 18.6. The van der Waals surface area contributed by atoms with Crippen LogP contribution in [0.1, 0.15) is 11.6 Å². The number of benzene rings is 2. The Kier molecular flexibility index (Phi) is 6.41. The van der Waals surface area contributed by atoms with Crippen LogP contribution < -0.4 is 14.4 Å². The predicted molar refractivity (Wildman–Crippen MR) is 123 cm³/mol. The lowest BCUT2D eigenvalue weighted by molar-refractivity contribution is -0.143. The second-order valence-electron chi connectivity index (χ2n) is 7.95. The minimum atomic E-state index is -0.991. The molecule has 2 N–H and O–H groups in total. The van der Waals surface area contributed by atoms with Crippen LogP contribution in [0.4, 0.5) is 5.69 Å². The highest BCUT2D eigenvalue weighted by molar-refractivity contribution is 5.91. The van der Waals surface area contributed by atoms with Gasteiger partial charge in [-0.3, -0.25) is 14.5 Å². The molecule has 2 heterocycles. The molecule has 1 unspecified atom stereocenters. The van der Waals surface area contributed by atoms with E-state index >= 15 is 0 Å². The lowest BCUT2D eigenvalue weighted by Crippen LogP contribution is -2.49. The number of fused-ring (bicyclic) bond motifs is 1. The summed E-state index contributed by atoms with van der Waals surface area (Å²) in [5, 5.41) is 20.2. The normalized spacial score (nSPS) is 15.4. The Morgan fingerprint density at radius 3 is 2.15 bits per heavy atom. The van der Waals surface area contributed by atoms with E-state index in [1.807, 2.05) is 29.2 Å². The molecule has 9 heteroatoms. The number of hydrogen-bond acceptors (Lipinski definition) is 6. The zero-order valence-electron chi connectivity index (χ0n) is 18.6. The van der Waals surface area contributed by atoms with E-state index in [1.165, 1.54) is 0 Å². The minimum Gasteiger partial charge on any atom is -0.497 e. The van der Waals surface area contributed by atoms with Crippen LogP contribution >= 0.6 is 0 Å². The minimum absolute atomic E-state index is 0.250. The number of carboxylic acid groups (broad SMARTS) is 2. The summed E-state index contributed by atoms with van der Waals surface area (Å²) in [7, 11) is 3.17. The molecule has 1 saturated heterocycles. The van der Waals surface area contributed by atoms with Crippen LogP contribution in [0.3, 0.4) is 0 Å². The fourth-order valence-electron chi connectivity index (χ4n) is 4.44. The number of hydrogen-bond donors (Lipinski definition) is 2. The molecule has 0 spiro atoms. The van der Waals surface area contributed by atoms with Crippen molar-refractivity contribution in [2.75, 3.05) is 45.3 Å². The molecule has 1 fully saturated rings. The first-order valence-electron chi connectivity index (χ1n) is 10.7. The molecular formula is C24H27N3O6. The Bertz CT molecular complexity index is 1150. The highest BCUT2D eigenvalue weighted by Gasteiger charge is 2.33. The third-order valence-electron chi connectivity index (χ3n) is 6.07. The van der Waals surface area contributed by atoms with Crippen molar-refractivity contribution in [3.05, 3.63) is 54.2 Å². The standard InChI is InChI=1S/C24H27N3O6/c1-32-17-5-3-16(4-6-17)25-9-11-26(12-10-25)23(24(30)31)20-14-27(15-22(28)29)21-8-7-18(33-2)13-19(20)21/h3-8,13-14,23H,9-12,15H2,1-2H3,(H,28,29)(H,30,31). The molecule has 0 aliphatic carbocycles. The maximum absolute atomic E-state index is 12.4. The van der Waals surface area contributed by atoms with Crippen LogP contribution in [-0.2, 0) is 16.1 Å². The molecule has 9 nitrogen and oxygen atoms in total. The van der Waals surface area contributed by atoms with E-state index in [-0.39, 0.29) is 6.54 Å². The van der Waals surface area contributed by atoms with Crippen LogP contribution in [0.15, 0.2) is 48.7 Å². The molecule has 1 aliphatic heterocycles. The first kappa shape index (κ1) is 22.5. The topological polar surface area (TPSA) is 104 Å². The number of aliphatic carboxylic acids is 2. The number of ether oxygens (including phenoxy) is 2. The molecule has 0 radical (unpaired) electrons. The summed E-state index contributed by atoms with van der Waals surface area (Å²) in [5.74, 6) is -0.582. The lowest BCUT2D eigenvalue weighted by atomic mass is 10.0. The van der Waals surface area contributed by atoms with Crippen LogP contribution in [0.5, 0.6) is 11.5 Å². The van der Waals surface area contributed by atoms with Gasteiger partial charge in [-0.1, -0.05) is 0 Å². The summed E-state index contributed by atoms with van der Waals surface area (Å²) in [5.41, 5.74) is 2.29. The highest BCUT2D eigenvalue weighted by atomic mass is 16.5. The number of anilines is 1.